The Labute approximate surface area is 99.5 Å². The van der Waals surface area contributed by atoms with Crippen molar-refractivity contribution < 1.29 is 0 Å². The third kappa shape index (κ3) is 1.70. The first-order chi connectivity index (χ1) is 7.84. The van der Waals surface area contributed by atoms with Gasteiger partial charge in [0.05, 0.1) is 10.9 Å². The normalized spacial score (nSPS) is 20.4. The van der Waals surface area contributed by atoms with Crippen LogP contribution < -0.4 is 5.32 Å². The third-order valence-electron chi connectivity index (χ3n) is 2.88. The van der Waals surface area contributed by atoms with Gasteiger partial charge in [-0.1, -0.05) is 18.2 Å². The summed E-state index contributed by atoms with van der Waals surface area (Å²) in [6, 6.07) is 10.6. The topological polar surface area (TPSA) is 24.9 Å². The number of nitrogens with one attached hydrogen (secondary N) is 1. The van der Waals surface area contributed by atoms with Crippen LogP contribution in [0.2, 0.25) is 0 Å². The maximum atomic E-state index is 4.57. The van der Waals surface area contributed by atoms with Gasteiger partial charge in [-0.15, -0.1) is 11.8 Å². The van der Waals surface area contributed by atoms with Crippen LogP contribution in [0, 0.1) is 6.92 Å². The van der Waals surface area contributed by atoms with E-state index in [0.29, 0.717) is 5.37 Å². The second-order valence-corrected chi connectivity index (χ2v) is 5.29. The lowest BCUT2D eigenvalue weighted by molar-refractivity contribution is 0.754. The molecule has 1 N–H and O–H groups in total. The first-order valence-electron chi connectivity index (χ1n) is 5.56. The van der Waals surface area contributed by atoms with Crippen LogP contribution in [0.5, 0.6) is 0 Å². The van der Waals surface area contributed by atoms with E-state index in [4.69, 9.17) is 0 Å². The minimum absolute atomic E-state index is 0.437. The second-order valence-electron chi connectivity index (χ2n) is 4.07. The number of para-hydroxylation sites is 1. The van der Waals surface area contributed by atoms with Crippen molar-refractivity contribution in [3.63, 3.8) is 0 Å². The lowest BCUT2D eigenvalue weighted by Gasteiger charge is -2.13. The maximum absolute atomic E-state index is 4.57. The van der Waals surface area contributed by atoms with Crippen LogP contribution in [0.4, 0.5) is 0 Å². The molecule has 0 radical (unpaired) electrons. The lowest BCUT2D eigenvalue weighted by atomic mass is 10.1. The summed E-state index contributed by atoms with van der Waals surface area (Å²) in [5.74, 6) is 1.19. The van der Waals surface area contributed by atoms with Gasteiger partial charge in [0.25, 0.3) is 0 Å². The SMILES string of the molecule is Cc1cc(C2NCCS2)c2ccccc2n1. The Morgan fingerprint density at radius 1 is 1.38 bits per heavy atom. The summed E-state index contributed by atoms with van der Waals surface area (Å²) in [5, 5.41) is 5.24. The predicted octanol–water partition coefficient (Wildman–Crippen LogP) is 2.88. The van der Waals surface area contributed by atoms with Crippen molar-refractivity contribution in [2.75, 3.05) is 12.3 Å². The fourth-order valence-corrected chi connectivity index (χ4v) is 3.26. The summed E-state index contributed by atoms with van der Waals surface area (Å²) in [6.45, 7) is 3.17. The molecule has 2 heterocycles. The maximum Gasteiger partial charge on any atom is 0.0797 e. The van der Waals surface area contributed by atoms with Gasteiger partial charge in [-0.25, -0.2) is 0 Å². The molecule has 0 aliphatic carbocycles. The van der Waals surface area contributed by atoms with E-state index >= 15 is 0 Å². The number of rotatable bonds is 1. The molecule has 1 unspecified atom stereocenters. The number of aryl methyl sites for hydroxylation is 1. The molecule has 2 nitrogen and oxygen atoms in total. The molecule has 2 aromatic rings. The molecule has 1 fully saturated rings. The van der Waals surface area contributed by atoms with Gasteiger partial charge in [0.2, 0.25) is 0 Å². The van der Waals surface area contributed by atoms with E-state index < -0.39 is 0 Å². The fraction of sp³-hybridized carbons (Fsp3) is 0.308. The van der Waals surface area contributed by atoms with Crippen LogP contribution in [-0.2, 0) is 0 Å². The largest absolute Gasteiger partial charge is 0.301 e. The third-order valence-corrected chi connectivity index (χ3v) is 4.07. The second kappa shape index (κ2) is 4.07. The highest BCUT2D eigenvalue weighted by Crippen LogP contribution is 2.34. The van der Waals surface area contributed by atoms with Gasteiger partial charge in [0.15, 0.2) is 0 Å². The molecule has 3 heteroatoms. The Morgan fingerprint density at radius 3 is 3.06 bits per heavy atom. The van der Waals surface area contributed by atoms with Crippen LogP contribution in [0.1, 0.15) is 16.6 Å². The number of benzene rings is 1. The van der Waals surface area contributed by atoms with Crippen molar-refractivity contribution in [1.82, 2.24) is 10.3 Å². The average molecular weight is 230 g/mol. The number of aromatic nitrogens is 1. The van der Waals surface area contributed by atoms with Crippen LogP contribution in [0.25, 0.3) is 10.9 Å². The van der Waals surface area contributed by atoms with Crippen molar-refractivity contribution >= 4 is 22.7 Å². The van der Waals surface area contributed by atoms with Crippen molar-refractivity contribution in [2.45, 2.75) is 12.3 Å². The molecule has 1 aliphatic heterocycles. The minimum Gasteiger partial charge on any atom is -0.301 e. The monoisotopic (exact) mass is 230 g/mol. The van der Waals surface area contributed by atoms with E-state index in [1.165, 1.54) is 16.7 Å². The summed E-state index contributed by atoms with van der Waals surface area (Å²) in [6.07, 6.45) is 0. The van der Waals surface area contributed by atoms with Crippen LogP contribution in [0.3, 0.4) is 0 Å². The van der Waals surface area contributed by atoms with E-state index in [1.54, 1.807) is 0 Å². The fourth-order valence-electron chi connectivity index (χ4n) is 2.18. The molecule has 1 aliphatic rings. The Hall–Kier alpha value is -1.06. The van der Waals surface area contributed by atoms with E-state index in [9.17, 15) is 0 Å². The number of thioether (sulfide) groups is 1. The highest BCUT2D eigenvalue weighted by atomic mass is 32.2. The van der Waals surface area contributed by atoms with Crippen molar-refractivity contribution in [1.29, 1.82) is 0 Å². The quantitative estimate of drug-likeness (QED) is 0.815. The lowest BCUT2D eigenvalue weighted by Crippen LogP contribution is -2.12. The van der Waals surface area contributed by atoms with Crippen LogP contribution in [0.15, 0.2) is 30.3 Å². The summed E-state index contributed by atoms with van der Waals surface area (Å²) < 4.78 is 0. The number of hydrogen-bond donors (Lipinski definition) is 1. The molecular formula is C13H14N2S. The molecule has 0 bridgehead atoms. The van der Waals surface area contributed by atoms with Crippen LogP contribution >= 0.6 is 11.8 Å². The van der Waals surface area contributed by atoms with Gasteiger partial charge in [0, 0.05) is 23.4 Å². The number of hydrogen-bond acceptors (Lipinski definition) is 3. The van der Waals surface area contributed by atoms with E-state index in [0.717, 1.165) is 17.8 Å². The first kappa shape index (κ1) is 10.1. The van der Waals surface area contributed by atoms with Gasteiger partial charge < -0.3 is 5.32 Å². The molecule has 0 saturated carbocycles. The van der Waals surface area contributed by atoms with Crippen LogP contribution in [-0.4, -0.2) is 17.3 Å². The van der Waals surface area contributed by atoms with Gasteiger partial charge in [-0.05, 0) is 24.6 Å². The van der Waals surface area contributed by atoms with Crippen molar-refractivity contribution in [3.8, 4) is 0 Å². The number of fused-ring (bicyclic) bond motifs is 1. The minimum atomic E-state index is 0.437. The zero-order chi connectivity index (χ0) is 11.0. The number of pyridine rings is 1. The van der Waals surface area contributed by atoms with Gasteiger partial charge in [0.1, 0.15) is 0 Å². The Kier molecular flexibility index (Phi) is 2.58. The molecule has 0 spiro atoms. The predicted molar refractivity (Wildman–Crippen MR) is 69.7 cm³/mol. The summed E-state index contributed by atoms with van der Waals surface area (Å²) in [5.41, 5.74) is 3.58. The van der Waals surface area contributed by atoms with Crippen molar-refractivity contribution in [3.05, 3.63) is 41.6 Å². The molecule has 1 aromatic carbocycles. The molecule has 1 saturated heterocycles. The average Bonchev–Trinajstić information content (AvgIpc) is 2.81. The van der Waals surface area contributed by atoms with Gasteiger partial charge in [-0.3, -0.25) is 4.98 Å². The summed E-state index contributed by atoms with van der Waals surface area (Å²) >= 11 is 1.98. The molecule has 1 atom stereocenters. The Morgan fingerprint density at radius 2 is 2.25 bits per heavy atom. The van der Waals surface area contributed by atoms with E-state index in [1.807, 2.05) is 17.8 Å². The standard InChI is InChI=1S/C13H14N2S/c1-9-8-11(13-14-6-7-16-13)10-4-2-3-5-12(10)15-9/h2-5,8,13-14H,6-7H2,1H3. The molecule has 16 heavy (non-hydrogen) atoms. The highest BCUT2D eigenvalue weighted by Gasteiger charge is 2.19. The zero-order valence-electron chi connectivity index (χ0n) is 9.23. The molecule has 0 amide bonds. The molecule has 82 valence electrons. The van der Waals surface area contributed by atoms with Crippen molar-refractivity contribution in [2.24, 2.45) is 0 Å². The Bertz CT molecular complexity index is 518. The zero-order valence-corrected chi connectivity index (χ0v) is 10.1. The molecule has 1 aromatic heterocycles. The molecular weight excluding hydrogens is 216 g/mol. The number of nitrogens with zero attached hydrogens (tertiary/aromatic N) is 1. The first-order valence-corrected chi connectivity index (χ1v) is 6.61. The summed E-state index contributed by atoms with van der Waals surface area (Å²) in [4.78, 5) is 4.57. The van der Waals surface area contributed by atoms with Gasteiger partial charge >= 0.3 is 0 Å². The smallest absolute Gasteiger partial charge is 0.0797 e. The van der Waals surface area contributed by atoms with E-state index in [2.05, 4.69) is 41.5 Å². The Balaban J connectivity index is 2.21. The highest BCUT2D eigenvalue weighted by molar-refractivity contribution is 7.99. The van der Waals surface area contributed by atoms with E-state index in [-0.39, 0.29) is 0 Å². The molecule has 3 rings (SSSR count). The van der Waals surface area contributed by atoms with Gasteiger partial charge in [-0.2, -0.15) is 0 Å². The summed E-state index contributed by atoms with van der Waals surface area (Å²) in [7, 11) is 0.